The summed E-state index contributed by atoms with van der Waals surface area (Å²) in [6.07, 6.45) is -4.13. The van der Waals surface area contributed by atoms with E-state index >= 15 is 0 Å². The molecule has 0 aliphatic heterocycles. The highest BCUT2D eigenvalue weighted by Gasteiger charge is 2.34. The fourth-order valence-corrected chi connectivity index (χ4v) is 3.06. The Morgan fingerprint density at radius 2 is 1.73 bits per heavy atom. The number of alkyl halides is 3. The highest BCUT2D eigenvalue weighted by Crippen LogP contribution is 2.31. The fourth-order valence-electron chi connectivity index (χ4n) is 3.06. The molecule has 0 heterocycles. The van der Waals surface area contributed by atoms with E-state index in [-0.39, 0.29) is 18.7 Å². The van der Waals surface area contributed by atoms with Crippen LogP contribution in [0, 0.1) is 0 Å². The van der Waals surface area contributed by atoms with E-state index in [9.17, 15) is 22.8 Å². The molecule has 33 heavy (non-hydrogen) atoms. The quantitative estimate of drug-likeness (QED) is 0.289. The summed E-state index contributed by atoms with van der Waals surface area (Å²) in [6, 6.07) is 11.4. The Labute approximate surface area is 191 Å². The van der Waals surface area contributed by atoms with Crippen molar-refractivity contribution in [3.8, 4) is 5.75 Å². The second-order valence-corrected chi connectivity index (χ2v) is 7.04. The van der Waals surface area contributed by atoms with Crippen molar-refractivity contribution < 1.29 is 37.0 Å². The van der Waals surface area contributed by atoms with Gasteiger partial charge in [0, 0.05) is 13.2 Å². The van der Waals surface area contributed by atoms with E-state index in [2.05, 4.69) is 5.32 Å². The van der Waals surface area contributed by atoms with Crippen LogP contribution in [-0.2, 0) is 31.7 Å². The van der Waals surface area contributed by atoms with Crippen LogP contribution in [0.3, 0.4) is 0 Å². The normalized spacial score (nSPS) is 12.2. The Kier molecular flexibility index (Phi) is 10.2. The molecular formula is C24H28F3NO5. The second-order valence-electron chi connectivity index (χ2n) is 7.04. The van der Waals surface area contributed by atoms with Gasteiger partial charge in [-0.1, -0.05) is 30.3 Å². The predicted octanol–water partition coefficient (Wildman–Crippen LogP) is 4.13. The van der Waals surface area contributed by atoms with Crippen LogP contribution in [0.5, 0.6) is 5.75 Å². The topological polar surface area (TPSA) is 73.9 Å². The van der Waals surface area contributed by atoms with Crippen molar-refractivity contribution in [3.05, 3.63) is 65.2 Å². The molecule has 180 valence electrons. The molecule has 1 N–H and O–H groups in total. The summed E-state index contributed by atoms with van der Waals surface area (Å²) in [6.45, 7) is 5.22. The van der Waals surface area contributed by atoms with E-state index in [4.69, 9.17) is 14.2 Å². The van der Waals surface area contributed by atoms with Crippen LogP contribution in [-0.4, -0.2) is 44.8 Å². The van der Waals surface area contributed by atoms with Crippen molar-refractivity contribution in [2.45, 2.75) is 32.4 Å². The SMILES string of the molecule is CCOCCOc1ccc(CCNC(=O)C(C(=O)OCC)c2cccc(C(F)(F)F)c2)cc1. The summed E-state index contributed by atoms with van der Waals surface area (Å²) in [5.41, 5.74) is -0.0980. The molecule has 9 heteroatoms. The van der Waals surface area contributed by atoms with E-state index < -0.39 is 29.5 Å². The lowest BCUT2D eigenvalue weighted by molar-refractivity contribution is -0.148. The van der Waals surface area contributed by atoms with Gasteiger partial charge in [0.05, 0.1) is 18.8 Å². The standard InChI is InChI=1S/C24H28F3NO5/c1-3-31-14-15-33-20-10-8-17(9-11-20)12-13-28-22(29)21(23(30)32-4-2)18-6-5-7-19(16-18)24(25,26)27/h5-11,16,21H,3-4,12-15H2,1-2H3,(H,28,29). The van der Waals surface area contributed by atoms with Crippen LogP contribution in [0.4, 0.5) is 13.2 Å². The molecule has 0 saturated carbocycles. The maximum absolute atomic E-state index is 13.1. The molecule has 1 atom stereocenters. The van der Waals surface area contributed by atoms with E-state index in [1.807, 2.05) is 19.1 Å². The molecule has 0 saturated heterocycles. The van der Waals surface area contributed by atoms with Crippen molar-refractivity contribution >= 4 is 11.9 Å². The average Bonchev–Trinajstić information content (AvgIpc) is 2.78. The zero-order chi connectivity index (χ0) is 24.3. The monoisotopic (exact) mass is 467 g/mol. The molecule has 0 aliphatic rings. The van der Waals surface area contributed by atoms with Gasteiger partial charge in [0.25, 0.3) is 0 Å². The lowest BCUT2D eigenvalue weighted by Crippen LogP contribution is -2.36. The summed E-state index contributed by atoms with van der Waals surface area (Å²) in [5.74, 6) is -2.42. The Hall–Kier alpha value is -3.07. The Morgan fingerprint density at radius 1 is 1.00 bits per heavy atom. The lowest BCUT2D eigenvalue weighted by atomic mass is 9.96. The fraction of sp³-hybridized carbons (Fsp3) is 0.417. The molecule has 2 aromatic rings. The molecule has 2 aromatic carbocycles. The third-order valence-corrected chi connectivity index (χ3v) is 4.67. The minimum Gasteiger partial charge on any atom is -0.491 e. The van der Waals surface area contributed by atoms with Gasteiger partial charge in [0.1, 0.15) is 12.4 Å². The van der Waals surface area contributed by atoms with Gasteiger partial charge in [0.2, 0.25) is 5.91 Å². The number of nitrogens with one attached hydrogen (secondary N) is 1. The van der Waals surface area contributed by atoms with Crippen molar-refractivity contribution in [2.75, 3.05) is 33.0 Å². The summed E-state index contributed by atoms with van der Waals surface area (Å²) in [4.78, 5) is 25.1. The zero-order valence-corrected chi connectivity index (χ0v) is 18.6. The van der Waals surface area contributed by atoms with Gasteiger partial charge in [0.15, 0.2) is 5.92 Å². The number of benzene rings is 2. The number of carbonyl (C=O) groups excluding carboxylic acids is 2. The van der Waals surface area contributed by atoms with Crippen LogP contribution >= 0.6 is 0 Å². The van der Waals surface area contributed by atoms with Crippen molar-refractivity contribution in [1.29, 1.82) is 0 Å². The third kappa shape index (κ3) is 8.42. The van der Waals surface area contributed by atoms with E-state index in [1.54, 1.807) is 19.1 Å². The number of rotatable bonds is 12. The molecule has 0 spiro atoms. The number of hydrogen-bond donors (Lipinski definition) is 1. The summed E-state index contributed by atoms with van der Waals surface area (Å²) in [5, 5.41) is 2.62. The van der Waals surface area contributed by atoms with Gasteiger partial charge in [-0.3, -0.25) is 9.59 Å². The largest absolute Gasteiger partial charge is 0.491 e. The van der Waals surface area contributed by atoms with Crippen LogP contribution in [0.1, 0.15) is 36.5 Å². The first-order chi connectivity index (χ1) is 15.8. The summed E-state index contributed by atoms with van der Waals surface area (Å²) in [7, 11) is 0. The second kappa shape index (κ2) is 12.8. The maximum atomic E-state index is 13.1. The van der Waals surface area contributed by atoms with Crippen molar-refractivity contribution in [2.24, 2.45) is 0 Å². The molecule has 1 unspecified atom stereocenters. The zero-order valence-electron chi connectivity index (χ0n) is 18.6. The van der Waals surface area contributed by atoms with Gasteiger partial charge >= 0.3 is 12.1 Å². The maximum Gasteiger partial charge on any atom is 0.416 e. The van der Waals surface area contributed by atoms with Crippen LogP contribution < -0.4 is 10.1 Å². The average molecular weight is 467 g/mol. The summed E-state index contributed by atoms with van der Waals surface area (Å²) < 4.78 is 54.9. The first-order valence-corrected chi connectivity index (χ1v) is 10.7. The van der Waals surface area contributed by atoms with Gasteiger partial charge in [-0.15, -0.1) is 0 Å². The predicted molar refractivity (Wildman–Crippen MR) is 116 cm³/mol. The summed E-state index contributed by atoms with van der Waals surface area (Å²) >= 11 is 0. The number of ether oxygens (including phenoxy) is 3. The first-order valence-electron chi connectivity index (χ1n) is 10.7. The van der Waals surface area contributed by atoms with E-state index in [0.29, 0.717) is 32.0 Å². The number of esters is 1. The number of halogens is 3. The molecule has 0 fully saturated rings. The van der Waals surface area contributed by atoms with Crippen molar-refractivity contribution in [1.82, 2.24) is 5.32 Å². The first kappa shape index (κ1) is 26.2. The Balaban J connectivity index is 1.99. The molecule has 0 radical (unpaired) electrons. The van der Waals surface area contributed by atoms with Gasteiger partial charge in [-0.05, 0) is 49.6 Å². The number of carbonyl (C=O) groups is 2. The minimum absolute atomic E-state index is 0.000560. The van der Waals surface area contributed by atoms with Gasteiger partial charge in [-0.2, -0.15) is 13.2 Å². The highest BCUT2D eigenvalue weighted by atomic mass is 19.4. The molecule has 0 bridgehead atoms. The van der Waals surface area contributed by atoms with E-state index in [1.165, 1.54) is 6.07 Å². The minimum atomic E-state index is -4.59. The van der Waals surface area contributed by atoms with Crippen LogP contribution in [0.2, 0.25) is 0 Å². The van der Waals surface area contributed by atoms with Crippen LogP contribution in [0.25, 0.3) is 0 Å². The number of hydrogen-bond acceptors (Lipinski definition) is 5. The van der Waals surface area contributed by atoms with Gasteiger partial charge in [-0.25, -0.2) is 0 Å². The highest BCUT2D eigenvalue weighted by molar-refractivity contribution is 6.03. The smallest absolute Gasteiger partial charge is 0.416 e. The molecule has 1 amide bonds. The molecule has 6 nitrogen and oxygen atoms in total. The lowest BCUT2D eigenvalue weighted by Gasteiger charge is -2.17. The molecule has 0 aliphatic carbocycles. The Bertz CT molecular complexity index is 900. The van der Waals surface area contributed by atoms with Gasteiger partial charge < -0.3 is 19.5 Å². The van der Waals surface area contributed by atoms with Crippen molar-refractivity contribution in [3.63, 3.8) is 0 Å². The number of amides is 1. The van der Waals surface area contributed by atoms with Crippen LogP contribution in [0.15, 0.2) is 48.5 Å². The Morgan fingerprint density at radius 3 is 2.36 bits per heavy atom. The third-order valence-electron chi connectivity index (χ3n) is 4.67. The van der Waals surface area contributed by atoms with E-state index in [0.717, 1.165) is 23.8 Å². The molecule has 0 aromatic heterocycles. The molecule has 2 rings (SSSR count). The molecular weight excluding hydrogens is 439 g/mol.